The van der Waals surface area contributed by atoms with Crippen LogP contribution in [0.15, 0.2) is 41.0 Å². The molecule has 1 aromatic heterocycles. The van der Waals surface area contributed by atoms with Crippen molar-refractivity contribution in [1.82, 2.24) is 10.2 Å². The quantitative estimate of drug-likeness (QED) is 0.750. The molecule has 150 valence electrons. The topological polar surface area (TPSA) is 71.8 Å². The maximum Gasteiger partial charge on any atom is 0.254 e. The third-order valence-electron chi connectivity index (χ3n) is 4.53. The molecule has 2 amide bonds. The van der Waals surface area contributed by atoms with Crippen molar-refractivity contribution in [3.05, 3.63) is 59.6 Å². The number of carbonyl (C=O) groups is 2. The summed E-state index contributed by atoms with van der Waals surface area (Å²) in [5, 5.41) is 2.49. The summed E-state index contributed by atoms with van der Waals surface area (Å²) in [6.45, 7) is 1.48. The average molecular weight is 392 g/mol. The standard InChI is InChI=1S/C20H22F2N2O4/c21-14-5-6-17(18(22)11-14)20(26)23-8-7-19(25)24(12-15-3-1-9-27-15)13-16-4-2-10-28-16/h1,3,5-6,9,11,16H,2,4,7-8,10,12-13H2,(H,23,26). The van der Waals surface area contributed by atoms with Gasteiger partial charge in [-0.3, -0.25) is 9.59 Å². The number of furan rings is 1. The Kier molecular flexibility index (Phi) is 6.76. The summed E-state index contributed by atoms with van der Waals surface area (Å²) in [6, 6.07) is 6.27. The molecule has 1 aliphatic rings. The van der Waals surface area contributed by atoms with E-state index in [2.05, 4.69) is 5.32 Å². The van der Waals surface area contributed by atoms with Crippen LogP contribution in [-0.4, -0.2) is 42.5 Å². The van der Waals surface area contributed by atoms with Gasteiger partial charge in [0, 0.05) is 32.2 Å². The minimum Gasteiger partial charge on any atom is -0.467 e. The molecule has 1 aromatic carbocycles. The first-order valence-corrected chi connectivity index (χ1v) is 9.18. The third kappa shape index (κ3) is 5.39. The first-order valence-electron chi connectivity index (χ1n) is 9.18. The molecule has 1 saturated heterocycles. The van der Waals surface area contributed by atoms with E-state index in [0.717, 1.165) is 25.0 Å². The maximum atomic E-state index is 13.7. The molecule has 1 N–H and O–H groups in total. The zero-order chi connectivity index (χ0) is 19.9. The zero-order valence-corrected chi connectivity index (χ0v) is 15.3. The third-order valence-corrected chi connectivity index (χ3v) is 4.53. The molecule has 0 spiro atoms. The second kappa shape index (κ2) is 9.45. The number of hydrogen-bond acceptors (Lipinski definition) is 4. The highest BCUT2D eigenvalue weighted by Crippen LogP contribution is 2.16. The van der Waals surface area contributed by atoms with Crippen molar-refractivity contribution in [2.24, 2.45) is 0 Å². The average Bonchev–Trinajstić information content (AvgIpc) is 3.35. The van der Waals surface area contributed by atoms with E-state index in [9.17, 15) is 18.4 Å². The molecule has 1 atom stereocenters. The molecule has 28 heavy (non-hydrogen) atoms. The number of amides is 2. The van der Waals surface area contributed by atoms with Crippen molar-refractivity contribution in [2.75, 3.05) is 19.7 Å². The zero-order valence-electron chi connectivity index (χ0n) is 15.3. The van der Waals surface area contributed by atoms with Crippen LogP contribution in [0.3, 0.4) is 0 Å². The Morgan fingerprint density at radius 3 is 2.79 bits per heavy atom. The summed E-state index contributed by atoms with van der Waals surface area (Å²) in [7, 11) is 0. The molecule has 2 heterocycles. The molecule has 6 nitrogen and oxygen atoms in total. The van der Waals surface area contributed by atoms with Gasteiger partial charge in [0.15, 0.2) is 0 Å². The molecular formula is C20H22F2N2O4. The molecule has 8 heteroatoms. The molecule has 0 bridgehead atoms. The number of halogens is 2. The molecule has 3 rings (SSSR count). The van der Waals surface area contributed by atoms with Crippen LogP contribution in [0.4, 0.5) is 8.78 Å². The molecule has 0 aliphatic carbocycles. The highest BCUT2D eigenvalue weighted by molar-refractivity contribution is 5.94. The summed E-state index contributed by atoms with van der Waals surface area (Å²) in [5.41, 5.74) is -0.263. The Hall–Kier alpha value is -2.74. The van der Waals surface area contributed by atoms with Crippen molar-refractivity contribution < 1.29 is 27.5 Å². The van der Waals surface area contributed by atoms with Crippen LogP contribution in [0.25, 0.3) is 0 Å². The smallest absolute Gasteiger partial charge is 0.254 e. The summed E-state index contributed by atoms with van der Waals surface area (Å²) >= 11 is 0. The second-order valence-corrected chi connectivity index (χ2v) is 6.62. The molecule has 0 radical (unpaired) electrons. The van der Waals surface area contributed by atoms with Gasteiger partial charge in [-0.25, -0.2) is 8.78 Å². The van der Waals surface area contributed by atoms with Crippen LogP contribution in [0, 0.1) is 11.6 Å². The molecule has 1 fully saturated rings. The summed E-state index contributed by atoms with van der Waals surface area (Å²) in [4.78, 5) is 26.3. The van der Waals surface area contributed by atoms with Crippen molar-refractivity contribution in [2.45, 2.75) is 31.9 Å². The van der Waals surface area contributed by atoms with Gasteiger partial charge in [0.2, 0.25) is 5.91 Å². The first kappa shape index (κ1) is 20.0. The van der Waals surface area contributed by atoms with Crippen LogP contribution in [-0.2, 0) is 16.1 Å². The van der Waals surface area contributed by atoms with Crippen molar-refractivity contribution in [1.29, 1.82) is 0 Å². The number of nitrogens with one attached hydrogen (secondary N) is 1. The van der Waals surface area contributed by atoms with E-state index < -0.39 is 17.5 Å². The lowest BCUT2D eigenvalue weighted by Crippen LogP contribution is -2.38. The first-order chi connectivity index (χ1) is 13.5. The van der Waals surface area contributed by atoms with Crippen LogP contribution >= 0.6 is 0 Å². The highest BCUT2D eigenvalue weighted by Gasteiger charge is 2.23. The van der Waals surface area contributed by atoms with Crippen LogP contribution in [0.5, 0.6) is 0 Å². The van der Waals surface area contributed by atoms with Gasteiger partial charge in [-0.15, -0.1) is 0 Å². The molecule has 2 aromatic rings. The monoisotopic (exact) mass is 392 g/mol. The normalized spacial score (nSPS) is 16.1. The Balaban J connectivity index is 1.54. The minimum absolute atomic E-state index is 0.0122. The molecule has 0 saturated carbocycles. The van der Waals surface area contributed by atoms with E-state index in [4.69, 9.17) is 9.15 Å². The van der Waals surface area contributed by atoms with Gasteiger partial charge in [0.1, 0.15) is 17.4 Å². The number of benzene rings is 1. The van der Waals surface area contributed by atoms with Gasteiger partial charge < -0.3 is 19.4 Å². The van der Waals surface area contributed by atoms with Crippen LogP contribution < -0.4 is 5.32 Å². The van der Waals surface area contributed by atoms with E-state index in [1.165, 1.54) is 0 Å². The molecule has 1 aliphatic heterocycles. The lowest BCUT2D eigenvalue weighted by atomic mass is 10.2. The predicted molar refractivity (Wildman–Crippen MR) is 96.4 cm³/mol. The van der Waals surface area contributed by atoms with Crippen molar-refractivity contribution in [3.8, 4) is 0 Å². The number of nitrogens with zero attached hydrogens (tertiary/aromatic N) is 1. The van der Waals surface area contributed by atoms with Gasteiger partial charge in [-0.1, -0.05) is 0 Å². The fourth-order valence-corrected chi connectivity index (χ4v) is 3.09. The maximum absolute atomic E-state index is 13.7. The number of ether oxygens (including phenoxy) is 1. The SMILES string of the molecule is O=C(NCCC(=O)N(Cc1ccco1)CC1CCCO1)c1ccc(F)cc1F. The molecular weight excluding hydrogens is 370 g/mol. The lowest BCUT2D eigenvalue weighted by molar-refractivity contribution is -0.133. The number of carbonyl (C=O) groups excluding carboxylic acids is 2. The summed E-state index contributed by atoms with van der Waals surface area (Å²) < 4.78 is 37.5. The Bertz CT molecular complexity index is 805. The van der Waals surface area contributed by atoms with Crippen LogP contribution in [0.2, 0.25) is 0 Å². The van der Waals surface area contributed by atoms with E-state index in [1.807, 2.05) is 0 Å². The van der Waals surface area contributed by atoms with E-state index in [-0.39, 0.29) is 30.5 Å². The second-order valence-electron chi connectivity index (χ2n) is 6.62. The van der Waals surface area contributed by atoms with Crippen molar-refractivity contribution in [3.63, 3.8) is 0 Å². The number of rotatable bonds is 8. The lowest BCUT2D eigenvalue weighted by Gasteiger charge is -2.24. The summed E-state index contributed by atoms with van der Waals surface area (Å²) in [5.74, 6) is -1.91. The summed E-state index contributed by atoms with van der Waals surface area (Å²) in [6.07, 6.45) is 3.43. The largest absolute Gasteiger partial charge is 0.467 e. The fraction of sp³-hybridized carbons (Fsp3) is 0.400. The fourth-order valence-electron chi connectivity index (χ4n) is 3.09. The minimum atomic E-state index is -0.943. The van der Waals surface area contributed by atoms with Gasteiger partial charge in [-0.05, 0) is 37.1 Å². The Morgan fingerprint density at radius 2 is 2.11 bits per heavy atom. The number of hydrogen-bond donors (Lipinski definition) is 1. The van der Waals surface area contributed by atoms with Crippen molar-refractivity contribution >= 4 is 11.8 Å². The van der Waals surface area contributed by atoms with Crippen LogP contribution in [0.1, 0.15) is 35.4 Å². The van der Waals surface area contributed by atoms with E-state index in [1.54, 1.807) is 23.3 Å². The van der Waals surface area contributed by atoms with Gasteiger partial charge >= 0.3 is 0 Å². The van der Waals surface area contributed by atoms with Gasteiger partial charge in [-0.2, -0.15) is 0 Å². The van der Waals surface area contributed by atoms with E-state index >= 15 is 0 Å². The Labute approximate surface area is 161 Å². The van der Waals surface area contributed by atoms with E-state index in [0.29, 0.717) is 31.5 Å². The Morgan fingerprint density at radius 1 is 1.25 bits per heavy atom. The predicted octanol–water partition coefficient (Wildman–Crippen LogP) is 2.89. The molecule has 1 unspecified atom stereocenters. The van der Waals surface area contributed by atoms with Gasteiger partial charge in [0.25, 0.3) is 5.91 Å². The highest BCUT2D eigenvalue weighted by atomic mass is 19.1. The van der Waals surface area contributed by atoms with Gasteiger partial charge in [0.05, 0.1) is 24.5 Å².